The maximum Gasteiger partial charge on any atom is 0.471 e. The monoisotopic (exact) mass is 423 g/mol. The van der Waals surface area contributed by atoms with E-state index in [9.17, 15) is 18.0 Å². The molecule has 1 amide bonds. The van der Waals surface area contributed by atoms with E-state index in [4.69, 9.17) is 4.43 Å². The predicted molar refractivity (Wildman–Crippen MR) is 113 cm³/mol. The minimum atomic E-state index is -4.83. The van der Waals surface area contributed by atoms with Crippen molar-refractivity contribution in [2.24, 2.45) is 0 Å². The molecule has 7 heteroatoms. The molecule has 1 N–H and O–H groups in total. The molecule has 0 spiro atoms. The molecule has 0 aromatic carbocycles. The molecule has 0 aliphatic heterocycles. The standard InChI is InChI=1S/C21H40F3NO2Si/c1-8-9-10-11-13-17(2)16-18(27-28(6,7)20(3,4)5)14-12-15-25-19(26)21(22,23)24/h18H,2,8-16H2,1,3-7H3,(H,25,26). The minimum Gasteiger partial charge on any atom is -0.414 e. The second-order valence-electron chi connectivity index (χ2n) is 9.16. The van der Waals surface area contributed by atoms with Gasteiger partial charge < -0.3 is 9.74 Å². The van der Waals surface area contributed by atoms with Gasteiger partial charge in [0.05, 0.1) is 0 Å². The second kappa shape index (κ2) is 12.0. The van der Waals surface area contributed by atoms with Crippen LogP contribution in [0.5, 0.6) is 0 Å². The lowest BCUT2D eigenvalue weighted by Crippen LogP contribution is -2.44. The Morgan fingerprint density at radius 3 is 2.21 bits per heavy atom. The Hall–Kier alpha value is -0.823. The molecule has 0 saturated heterocycles. The fraction of sp³-hybridized carbons (Fsp3) is 0.857. The highest BCUT2D eigenvalue weighted by Crippen LogP contribution is 2.38. The van der Waals surface area contributed by atoms with Crippen molar-refractivity contribution in [1.29, 1.82) is 0 Å². The molecule has 0 aliphatic rings. The van der Waals surface area contributed by atoms with Gasteiger partial charge in [-0.2, -0.15) is 13.2 Å². The molecular formula is C21H40F3NO2Si. The molecule has 0 heterocycles. The van der Waals surface area contributed by atoms with E-state index in [0.717, 1.165) is 24.8 Å². The van der Waals surface area contributed by atoms with Gasteiger partial charge in [0.1, 0.15) is 0 Å². The van der Waals surface area contributed by atoms with Crippen LogP contribution in [-0.2, 0) is 9.22 Å². The summed E-state index contributed by atoms with van der Waals surface area (Å²) in [5, 5.41) is 2.00. The molecule has 28 heavy (non-hydrogen) atoms. The number of halogens is 3. The van der Waals surface area contributed by atoms with Crippen molar-refractivity contribution in [1.82, 2.24) is 5.32 Å². The lowest BCUT2D eigenvalue weighted by atomic mass is 10.0. The molecule has 0 radical (unpaired) electrons. The lowest BCUT2D eigenvalue weighted by molar-refractivity contribution is -0.173. The van der Waals surface area contributed by atoms with Crippen molar-refractivity contribution in [2.75, 3.05) is 6.54 Å². The zero-order chi connectivity index (χ0) is 22.0. The van der Waals surface area contributed by atoms with E-state index in [1.165, 1.54) is 19.3 Å². The number of hydrogen-bond donors (Lipinski definition) is 1. The van der Waals surface area contributed by atoms with Crippen LogP contribution in [-0.4, -0.2) is 33.0 Å². The van der Waals surface area contributed by atoms with Crippen LogP contribution in [0.1, 0.15) is 79.1 Å². The topological polar surface area (TPSA) is 38.3 Å². The second-order valence-corrected chi connectivity index (χ2v) is 13.9. The van der Waals surface area contributed by atoms with Crippen LogP contribution in [0, 0.1) is 0 Å². The Morgan fingerprint density at radius 1 is 1.11 bits per heavy atom. The summed E-state index contributed by atoms with van der Waals surface area (Å²) in [5.74, 6) is -1.88. The summed E-state index contributed by atoms with van der Waals surface area (Å²) in [6.45, 7) is 17.2. The molecule has 0 rings (SSSR count). The average Bonchev–Trinajstić information content (AvgIpc) is 2.53. The normalized spacial score (nSPS) is 14.0. The van der Waals surface area contributed by atoms with Crippen molar-refractivity contribution in [2.45, 2.75) is 109 Å². The van der Waals surface area contributed by atoms with Gasteiger partial charge in [-0.25, -0.2) is 0 Å². The fourth-order valence-corrected chi connectivity index (χ4v) is 4.04. The van der Waals surface area contributed by atoms with Gasteiger partial charge in [-0.1, -0.05) is 59.1 Å². The van der Waals surface area contributed by atoms with Crippen LogP contribution >= 0.6 is 0 Å². The molecule has 3 nitrogen and oxygen atoms in total. The first-order valence-corrected chi connectivity index (χ1v) is 13.3. The molecule has 0 fully saturated rings. The number of nitrogens with one attached hydrogen (secondary N) is 1. The van der Waals surface area contributed by atoms with Gasteiger partial charge in [0, 0.05) is 12.6 Å². The third kappa shape index (κ3) is 11.2. The molecule has 0 aliphatic carbocycles. The Balaban J connectivity index is 4.72. The van der Waals surface area contributed by atoms with Crippen molar-refractivity contribution < 1.29 is 22.4 Å². The van der Waals surface area contributed by atoms with Crippen LogP contribution in [0.25, 0.3) is 0 Å². The third-order valence-electron chi connectivity index (χ3n) is 5.41. The quantitative estimate of drug-likeness (QED) is 0.202. The SMILES string of the molecule is C=C(CCCCCC)CC(CCCNC(=O)C(F)(F)F)O[Si](C)(C)C(C)(C)C. The minimum absolute atomic E-state index is 0.00131. The maximum absolute atomic E-state index is 12.3. The fourth-order valence-electron chi connectivity index (χ4n) is 2.65. The lowest BCUT2D eigenvalue weighted by Gasteiger charge is -2.39. The largest absolute Gasteiger partial charge is 0.471 e. The summed E-state index contributed by atoms with van der Waals surface area (Å²) in [6, 6.07) is 0. The van der Waals surface area contributed by atoms with Gasteiger partial charge >= 0.3 is 12.1 Å². The van der Waals surface area contributed by atoms with Crippen molar-refractivity contribution >= 4 is 14.2 Å². The maximum atomic E-state index is 12.3. The highest BCUT2D eigenvalue weighted by molar-refractivity contribution is 6.74. The van der Waals surface area contributed by atoms with Gasteiger partial charge in [0.2, 0.25) is 0 Å². The summed E-state index contributed by atoms with van der Waals surface area (Å²) in [4.78, 5) is 10.9. The number of carbonyl (C=O) groups excluding carboxylic acids is 1. The highest BCUT2D eigenvalue weighted by atomic mass is 28.4. The summed E-state index contributed by atoms with van der Waals surface area (Å²) in [7, 11) is -2.00. The molecular weight excluding hydrogens is 383 g/mol. The highest BCUT2D eigenvalue weighted by Gasteiger charge is 2.39. The molecule has 1 atom stereocenters. The smallest absolute Gasteiger partial charge is 0.414 e. The first-order chi connectivity index (χ1) is 12.7. The van der Waals surface area contributed by atoms with Crippen molar-refractivity contribution in [3.05, 3.63) is 12.2 Å². The molecule has 0 bridgehead atoms. The zero-order valence-corrected chi connectivity index (χ0v) is 19.6. The Bertz CT molecular complexity index is 485. The third-order valence-corrected chi connectivity index (χ3v) is 9.95. The van der Waals surface area contributed by atoms with Crippen molar-refractivity contribution in [3.63, 3.8) is 0 Å². The van der Waals surface area contributed by atoms with Crippen LogP contribution in [0.3, 0.4) is 0 Å². The summed E-state index contributed by atoms with van der Waals surface area (Å²) in [6.07, 6.45) is 2.56. The molecule has 166 valence electrons. The number of rotatable bonds is 13. The Labute approximate surface area is 170 Å². The summed E-state index contributed by atoms with van der Waals surface area (Å²) >= 11 is 0. The number of amides is 1. The summed E-state index contributed by atoms with van der Waals surface area (Å²) in [5.41, 5.74) is 1.14. The first-order valence-electron chi connectivity index (χ1n) is 10.4. The van der Waals surface area contributed by atoms with Gasteiger partial charge in [0.25, 0.3) is 0 Å². The van der Waals surface area contributed by atoms with E-state index < -0.39 is 20.4 Å². The van der Waals surface area contributed by atoms with Gasteiger partial charge in [0.15, 0.2) is 8.32 Å². The summed E-state index contributed by atoms with van der Waals surface area (Å²) < 4.78 is 43.4. The molecule has 1 unspecified atom stereocenters. The van der Waals surface area contributed by atoms with Crippen LogP contribution in [0.2, 0.25) is 18.1 Å². The number of unbranched alkanes of at least 4 members (excludes halogenated alkanes) is 3. The number of carbonyl (C=O) groups is 1. The van der Waals surface area contributed by atoms with Gasteiger partial charge in [-0.05, 0) is 50.2 Å². The molecule has 0 saturated carbocycles. The van der Waals surface area contributed by atoms with E-state index in [0.29, 0.717) is 12.8 Å². The number of alkyl halides is 3. The Kier molecular flexibility index (Phi) is 11.7. The Morgan fingerprint density at radius 2 is 1.71 bits per heavy atom. The van der Waals surface area contributed by atoms with E-state index in [-0.39, 0.29) is 17.7 Å². The van der Waals surface area contributed by atoms with Gasteiger partial charge in [-0.3, -0.25) is 4.79 Å². The average molecular weight is 424 g/mol. The van der Waals surface area contributed by atoms with Crippen LogP contribution in [0.15, 0.2) is 12.2 Å². The van der Waals surface area contributed by atoms with E-state index >= 15 is 0 Å². The van der Waals surface area contributed by atoms with Crippen molar-refractivity contribution in [3.8, 4) is 0 Å². The van der Waals surface area contributed by atoms with Gasteiger partial charge in [-0.15, -0.1) is 0 Å². The molecule has 0 aromatic rings. The van der Waals surface area contributed by atoms with Crippen LogP contribution < -0.4 is 5.32 Å². The van der Waals surface area contributed by atoms with E-state index in [2.05, 4.69) is 47.4 Å². The van der Waals surface area contributed by atoms with E-state index in [1.807, 2.05) is 5.32 Å². The van der Waals surface area contributed by atoms with Crippen LogP contribution in [0.4, 0.5) is 13.2 Å². The van der Waals surface area contributed by atoms with E-state index in [1.54, 1.807) is 0 Å². The molecule has 0 aromatic heterocycles. The predicted octanol–water partition coefficient (Wildman–Crippen LogP) is 6.75. The first kappa shape index (κ1) is 27.2. The zero-order valence-electron chi connectivity index (χ0n) is 18.6. The number of hydrogen-bond acceptors (Lipinski definition) is 2.